The predicted molar refractivity (Wildman–Crippen MR) is 31.5 cm³/mol. The van der Waals surface area contributed by atoms with Crippen molar-refractivity contribution in [3.05, 3.63) is 6.92 Å². The standard InChI is InChI=1S/C4H10NS/c1-3-4-6-5-2/h5H,1,3-4H2,2H3. The van der Waals surface area contributed by atoms with Gasteiger partial charge in [-0.2, -0.15) is 0 Å². The van der Waals surface area contributed by atoms with Crippen molar-refractivity contribution in [2.75, 3.05) is 12.8 Å². The molecule has 1 N–H and O–H groups in total. The zero-order valence-electron chi connectivity index (χ0n) is 4.03. The average Bonchev–Trinajstić information content (AvgIpc) is 1.61. The molecule has 0 aliphatic carbocycles. The molecular weight excluding hydrogens is 94.1 g/mol. The normalized spacial score (nSPS) is 9.00. The molecular formula is C4H10NS. The molecule has 1 nitrogen and oxygen atoms in total. The minimum atomic E-state index is 1.01. The summed E-state index contributed by atoms with van der Waals surface area (Å²) in [6.45, 7) is 3.66. The third kappa shape index (κ3) is 4.31. The van der Waals surface area contributed by atoms with Crippen LogP contribution in [0, 0.1) is 6.92 Å². The van der Waals surface area contributed by atoms with Gasteiger partial charge in [0.25, 0.3) is 0 Å². The highest BCUT2D eigenvalue weighted by molar-refractivity contribution is 7.97. The van der Waals surface area contributed by atoms with E-state index in [1.165, 1.54) is 0 Å². The Morgan fingerprint density at radius 3 is 2.67 bits per heavy atom. The quantitative estimate of drug-likeness (QED) is 0.424. The molecule has 0 bridgehead atoms. The van der Waals surface area contributed by atoms with Gasteiger partial charge in [-0.1, -0.05) is 18.9 Å². The molecule has 6 heavy (non-hydrogen) atoms. The van der Waals surface area contributed by atoms with Gasteiger partial charge < -0.3 is 0 Å². The molecule has 0 heterocycles. The van der Waals surface area contributed by atoms with Crippen LogP contribution in [0.1, 0.15) is 6.42 Å². The van der Waals surface area contributed by atoms with Gasteiger partial charge in [-0.25, -0.2) is 0 Å². The molecule has 0 atom stereocenters. The molecule has 0 aromatic heterocycles. The molecule has 0 aromatic carbocycles. The molecule has 0 aliphatic heterocycles. The lowest BCUT2D eigenvalue weighted by molar-refractivity contribution is 1.21. The van der Waals surface area contributed by atoms with Crippen LogP contribution in [0.5, 0.6) is 0 Å². The Bertz CT molecular complexity index is 19.5. The van der Waals surface area contributed by atoms with Crippen molar-refractivity contribution in [1.29, 1.82) is 0 Å². The first kappa shape index (κ1) is 6.31. The second kappa shape index (κ2) is 5.31. The SMILES string of the molecule is [CH2]CCSNC. The highest BCUT2D eigenvalue weighted by atomic mass is 32.2. The lowest BCUT2D eigenvalue weighted by Gasteiger charge is -1.89. The van der Waals surface area contributed by atoms with Crippen LogP contribution in [-0.2, 0) is 0 Å². The van der Waals surface area contributed by atoms with Crippen molar-refractivity contribution in [3.8, 4) is 0 Å². The number of hydrogen-bond donors (Lipinski definition) is 1. The Hall–Kier alpha value is 0.310. The fraction of sp³-hybridized carbons (Fsp3) is 0.750. The lowest BCUT2D eigenvalue weighted by atomic mass is 10.6. The molecule has 2 heteroatoms. The number of nitrogens with one attached hydrogen (secondary N) is 1. The summed E-state index contributed by atoms with van der Waals surface area (Å²) < 4.78 is 2.95. The molecule has 0 aliphatic rings. The van der Waals surface area contributed by atoms with Gasteiger partial charge >= 0.3 is 0 Å². The average molecular weight is 104 g/mol. The summed E-state index contributed by atoms with van der Waals surface area (Å²) in [4.78, 5) is 0. The van der Waals surface area contributed by atoms with Gasteiger partial charge in [0.1, 0.15) is 0 Å². The first-order valence-electron chi connectivity index (χ1n) is 1.99. The molecule has 0 fully saturated rings. The van der Waals surface area contributed by atoms with Gasteiger partial charge in [-0.05, 0) is 13.5 Å². The summed E-state index contributed by atoms with van der Waals surface area (Å²) in [5.41, 5.74) is 0. The third-order valence-electron chi connectivity index (χ3n) is 0.391. The highest BCUT2D eigenvalue weighted by Gasteiger charge is 1.73. The predicted octanol–water partition coefficient (Wildman–Crippen LogP) is 1.08. The molecule has 0 unspecified atom stereocenters. The summed E-state index contributed by atoms with van der Waals surface area (Å²) in [5, 5.41) is 0. The van der Waals surface area contributed by atoms with Crippen molar-refractivity contribution in [3.63, 3.8) is 0 Å². The van der Waals surface area contributed by atoms with Crippen molar-refractivity contribution in [2.24, 2.45) is 0 Å². The first-order valence-corrected chi connectivity index (χ1v) is 2.98. The highest BCUT2D eigenvalue weighted by Crippen LogP contribution is 1.90. The first-order chi connectivity index (χ1) is 2.91. The van der Waals surface area contributed by atoms with E-state index in [-0.39, 0.29) is 0 Å². The van der Waals surface area contributed by atoms with Crippen LogP contribution >= 0.6 is 11.9 Å². The van der Waals surface area contributed by atoms with E-state index in [0.29, 0.717) is 0 Å². The molecule has 1 radical (unpaired) electrons. The fourth-order valence-corrected chi connectivity index (χ4v) is 0.523. The molecule has 0 aromatic rings. The molecule has 0 saturated carbocycles. The molecule has 0 saturated heterocycles. The van der Waals surface area contributed by atoms with Gasteiger partial charge in [0, 0.05) is 5.75 Å². The summed E-state index contributed by atoms with van der Waals surface area (Å²) in [7, 11) is 1.92. The van der Waals surface area contributed by atoms with E-state index in [4.69, 9.17) is 0 Å². The number of hydrogen-bond acceptors (Lipinski definition) is 2. The Morgan fingerprint density at radius 1 is 1.83 bits per heavy atom. The fourth-order valence-electron chi connectivity index (χ4n) is 0.174. The summed E-state index contributed by atoms with van der Waals surface area (Å²) in [6.07, 6.45) is 1.01. The second-order valence-electron chi connectivity index (χ2n) is 0.906. The van der Waals surface area contributed by atoms with Crippen LogP contribution in [-0.4, -0.2) is 12.8 Å². The van der Waals surface area contributed by atoms with E-state index in [9.17, 15) is 0 Å². The minimum absolute atomic E-state index is 1.01. The molecule has 0 rings (SSSR count). The van der Waals surface area contributed by atoms with Gasteiger partial charge in [-0.3, -0.25) is 4.72 Å². The maximum absolute atomic E-state index is 3.66. The minimum Gasteiger partial charge on any atom is -0.267 e. The van der Waals surface area contributed by atoms with Gasteiger partial charge in [-0.15, -0.1) is 0 Å². The van der Waals surface area contributed by atoms with Crippen LogP contribution < -0.4 is 4.72 Å². The zero-order chi connectivity index (χ0) is 4.83. The van der Waals surface area contributed by atoms with E-state index < -0.39 is 0 Å². The smallest absolute Gasteiger partial charge is 0.00785 e. The maximum atomic E-state index is 3.66. The van der Waals surface area contributed by atoms with Crippen molar-refractivity contribution in [2.45, 2.75) is 6.42 Å². The van der Waals surface area contributed by atoms with Crippen LogP contribution in [0.3, 0.4) is 0 Å². The number of rotatable bonds is 3. The van der Waals surface area contributed by atoms with E-state index in [2.05, 4.69) is 11.6 Å². The van der Waals surface area contributed by atoms with Crippen molar-refractivity contribution in [1.82, 2.24) is 4.72 Å². The van der Waals surface area contributed by atoms with Crippen LogP contribution in [0.25, 0.3) is 0 Å². The monoisotopic (exact) mass is 104 g/mol. The summed E-state index contributed by atoms with van der Waals surface area (Å²) >= 11 is 1.70. The van der Waals surface area contributed by atoms with Gasteiger partial charge in [0.05, 0.1) is 0 Å². The molecule has 37 valence electrons. The topological polar surface area (TPSA) is 12.0 Å². The summed E-state index contributed by atoms with van der Waals surface area (Å²) in [5.74, 6) is 1.11. The Morgan fingerprint density at radius 2 is 2.50 bits per heavy atom. The second-order valence-corrected chi connectivity index (χ2v) is 2.01. The van der Waals surface area contributed by atoms with E-state index in [1.807, 2.05) is 7.05 Å². The Kier molecular flexibility index (Phi) is 5.58. The van der Waals surface area contributed by atoms with E-state index in [1.54, 1.807) is 11.9 Å². The van der Waals surface area contributed by atoms with Gasteiger partial charge in [0.2, 0.25) is 0 Å². The van der Waals surface area contributed by atoms with E-state index >= 15 is 0 Å². The van der Waals surface area contributed by atoms with Crippen molar-refractivity contribution >= 4 is 11.9 Å². The Labute approximate surface area is 43.6 Å². The van der Waals surface area contributed by atoms with Crippen molar-refractivity contribution < 1.29 is 0 Å². The van der Waals surface area contributed by atoms with E-state index in [0.717, 1.165) is 12.2 Å². The van der Waals surface area contributed by atoms with Crippen LogP contribution in [0.15, 0.2) is 0 Å². The zero-order valence-corrected chi connectivity index (χ0v) is 4.85. The largest absolute Gasteiger partial charge is 0.267 e. The maximum Gasteiger partial charge on any atom is 0.00785 e. The summed E-state index contributed by atoms with van der Waals surface area (Å²) in [6, 6.07) is 0. The molecule has 0 spiro atoms. The Balaban J connectivity index is 2.34. The van der Waals surface area contributed by atoms with Crippen LogP contribution in [0.4, 0.5) is 0 Å². The molecule has 0 amide bonds. The van der Waals surface area contributed by atoms with Crippen LogP contribution in [0.2, 0.25) is 0 Å². The lowest BCUT2D eigenvalue weighted by Crippen LogP contribution is -1.91. The van der Waals surface area contributed by atoms with Gasteiger partial charge in [0.15, 0.2) is 0 Å². The third-order valence-corrected chi connectivity index (χ3v) is 1.17.